The number of anilines is 2. The fourth-order valence-electron chi connectivity index (χ4n) is 2.97. The van der Waals surface area contributed by atoms with Crippen LogP contribution in [0.1, 0.15) is 17.5 Å². The van der Waals surface area contributed by atoms with Crippen LogP contribution in [0.4, 0.5) is 22.7 Å². The van der Waals surface area contributed by atoms with Crippen molar-refractivity contribution in [2.24, 2.45) is 9.98 Å². The van der Waals surface area contributed by atoms with Crippen LogP contribution in [-0.2, 0) is 12.8 Å². The molecular weight excluding hydrogens is 260 g/mol. The van der Waals surface area contributed by atoms with E-state index in [-0.39, 0.29) is 0 Å². The van der Waals surface area contributed by atoms with Gasteiger partial charge in [-0.05, 0) is 35.4 Å². The van der Waals surface area contributed by atoms with Gasteiger partial charge in [-0.15, -0.1) is 0 Å². The summed E-state index contributed by atoms with van der Waals surface area (Å²) in [6, 6.07) is 11.9. The van der Waals surface area contributed by atoms with Gasteiger partial charge in [-0.1, -0.05) is 12.1 Å². The number of aliphatic imine (C=N–C) groups is 2. The lowest BCUT2D eigenvalue weighted by molar-refractivity contribution is 1.30. The summed E-state index contributed by atoms with van der Waals surface area (Å²) in [6.07, 6.45) is 2.61. The minimum Gasteiger partial charge on any atom is -0.399 e. The Labute approximate surface area is 123 Å². The van der Waals surface area contributed by atoms with Gasteiger partial charge in [0.1, 0.15) is 0 Å². The third-order valence-corrected chi connectivity index (χ3v) is 3.97. The molecule has 21 heavy (non-hydrogen) atoms. The number of hydrogen-bond donors (Lipinski definition) is 2. The van der Waals surface area contributed by atoms with E-state index in [4.69, 9.17) is 11.5 Å². The fourth-order valence-corrected chi connectivity index (χ4v) is 2.97. The number of nitrogens with zero attached hydrogens (tertiary/aromatic N) is 2. The first-order valence-corrected chi connectivity index (χ1v) is 7.07. The van der Waals surface area contributed by atoms with Crippen molar-refractivity contribution >= 4 is 34.2 Å². The predicted molar refractivity (Wildman–Crippen MR) is 87.9 cm³/mol. The summed E-state index contributed by atoms with van der Waals surface area (Å²) in [5.41, 5.74) is 20.0. The Bertz CT molecular complexity index is 735. The molecular formula is C17H16N4. The molecule has 0 aliphatic carbocycles. The van der Waals surface area contributed by atoms with E-state index < -0.39 is 0 Å². The summed E-state index contributed by atoms with van der Waals surface area (Å²) in [5.74, 6) is 0. The van der Waals surface area contributed by atoms with Crippen LogP contribution in [0.25, 0.3) is 0 Å². The van der Waals surface area contributed by atoms with E-state index in [0.29, 0.717) is 0 Å². The lowest BCUT2D eigenvalue weighted by Gasteiger charge is -1.99. The number of benzene rings is 2. The maximum atomic E-state index is 5.81. The molecule has 0 atom stereocenters. The molecule has 0 bridgehead atoms. The molecule has 0 aromatic heterocycles. The van der Waals surface area contributed by atoms with Crippen molar-refractivity contribution in [1.29, 1.82) is 0 Å². The lowest BCUT2D eigenvalue weighted by atomic mass is 10.0. The van der Waals surface area contributed by atoms with Crippen molar-refractivity contribution in [3.05, 3.63) is 47.5 Å². The number of nitrogen functional groups attached to an aromatic ring is 2. The Morgan fingerprint density at radius 2 is 1.24 bits per heavy atom. The van der Waals surface area contributed by atoms with Crippen molar-refractivity contribution in [1.82, 2.24) is 0 Å². The Morgan fingerprint density at radius 3 is 1.71 bits per heavy atom. The molecule has 4 N–H and O–H groups in total. The Morgan fingerprint density at radius 1 is 0.762 bits per heavy atom. The smallest absolute Gasteiger partial charge is 0.0685 e. The van der Waals surface area contributed by atoms with Crippen LogP contribution in [0.15, 0.2) is 46.4 Å². The van der Waals surface area contributed by atoms with Crippen LogP contribution in [0.5, 0.6) is 0 Å². The molecule has 4 rings (SSSR count). The molecule has 104 valence electrons. The van der Waals surface area contributed by atoms with Crippen LogP contribution >= 0.6 is 0 Å². The highest BCUT2D eigenvalue weighted by molar-refractivity contribution is 6.10. The van der Waals surface area contributed by atoms with E-state index in [2.05, 4.69) is 22.1 Å². The maximum Gasteiger partial charge on any atom is 0.0685 e. The van der Waals surface area contributed by atoms with Gasteiger partial charge < -0.3 is 11.5 Å². The molecule has 2 aromatic rings. The van der Waals surface area contributed by atoms with Gasteiger partial charge >= 0.3 is 0 Å². The van der Waals surface area contributed by atoms with Crippen molar-refractivity contribution in [3.8, 4) is 0 Å². The van der Waals surface area contributed by atoms with Gasteiger partial charge in [0.2, 0.25) is 0 Å². The SMILES string of the molecule is Nc1ccc2c(c1)N=C(CC1=Nc3cc(N)ccc3C1)C2. The highest BCUT2D eigenvalue weighted by Crippen LogP contribution is 2.33. The summed E-state index contributed by atoms with van der Waals surface area (Å²) in [5, 5.41) is 0. The molecule has 0 amide bonds. The fraction of sp³-hybridized carbons (Fsp3) is 0.176. The first kappa shape index (κ1) is 12.1. The Balaban J connectivity index is 1.55. The largest absolute Gasteiger partial charge is 0.399 e. The second-order valence-electron chi connectivity index (χ2n) is 5.66. The third-order valence-electron chi connectivity index (χ3n) is 3.97. The van der Waals surface area contributed by atoms with Gasteiger partial charge in [0.15, 0.2) is 0 Å². The van der Waals surface area contributed by atoms with Gasteiger partial charge in [0.25, 0.3) is 0 Å². The highest BCUT2D eigenvalue weighted by atomic mass is 14.8. The third kappa shape index (κ3) is 2.18. The Hall–Kier alpha value is -2.62. The molecule has 2 aliphatic rings. The van der Waals surface area contributed by atoms with E-state index in [1.165, 1.54) is 11.1 Å². The van der Waals surface area contributed by atoms with E-state index in [0.717, 1.165) is 53.4 Å². The molecule has 0 spiro atoms. The van der Waals surface area contributed by atoms with Gasteiger partial charge in [0.05, 0.1) is 11.4 Å². The van der Waals surface area contributed by atoms with Gasteiger partial charge in [-0.25, -0.2) is 0 Å². The average molecular weight is 276 g/mol. The highest BCUT2D eigenvalue weighted by Gasteiger charge is 2.20. The van der Waals surface area contributed by atoms with Crippen LogP contribution in [0.2, 0.25) is 0 Å². The second kappa shape index (κ2) is 4.45. The summed E-state index contributed by atoms with van der Waals surface area (Å²) in [6.45, 7) is 0. The van der Waals surface area contributed by atoms with Crippen LogP contribution in [0, 0.1) is 0 Å². The summed E-state index contributed by atoms with van der Waals surface area (Å²) in [7, 11) is 0. The zero-order chi connectivity index (χ0) is 14.4. The molecule has 0 unspecified atom stereocenters. The van der Waals surface area contributed by atoms with Crippen molar-refractivity contribution in [3.63, 3.8) is 0 Å². The lowest BCUT2D eigenvalue weighted by Crippen LogP contribution is -2.07. The monoisotopic (exact) mass is 276 g/mol. The first-order chi connectivity index (χ1) is 10.2. The molecule has 4 heteroatoms. The first-order valence-electron chi connectivity index (χ1n) is 7.07. The quantitative estimate of drug-likeness (QED) is 0.826. The van der Waals surface area contributed by atoms with Gasteiger partial charge in [-0.3, -0.25) is 9.98 Å². The molecule has 2 heterocycles. The number of hydrogen-bond acceptors (Lipinski definition) is 4. The molecule has 0 radical (unpaired) electrons. The molecule has 2 aromatic carbocycles. The standard InChI is InChI=1S/C17H16N4/c18-12-3-1-10-5-14(20-16(10)7-12)9-15-6-11-2-4-13(19)8-17(11)21-15/h1-4,7-8H,5-6,9,18-19H2. The zero-order valence-electron chi connectivity index (χ0n) is 11.6. The van der Waals surface area contributed by atoms with Crippen LogP contribution in [0.3, 0.4) is 0 Å². The van der Waals surface area contributed by atoms with E-state index in [9.17, 15) is 0 Å². The van der Waals surface area contributed by atoms with Gasteiger partial charge in [-0.2, -0.15) is 0 Å². The van der Waals surface area contributed by atoms with Crippen molar-refractivity contribution < 1.29 is 0 Å². The molecule has 0 fully saturated rings. The summed E-state index contributed by atoms with van der Waals surface area (Å²) < 4.78 is 0. The average Bonchev–Trinajstić information content (AvgIpc) is 3.00. The van der Waals surface area contributed by atoms with E-state index in [1.807, 2.05) is 24.3 Å². The van der Waals surface area contributed by atoms with Gasteiger partial charge in [0, 0.05) is 42.1 Å². The normalized spacial score (nSPS) is 15.4. The minimum atomic E-state index is 0.764. The number of rotatable bonds is 2. The molecule has 2 aliphatic heterocycles. The molecule has 4 nitrogen and oxygen atoms in total. The Kier molecular flexibility index (Phi) is 2.57. The van der Waals surface area contributed by atoms with Crippen molar-refractivity contribution in [2.45, 2.75) is 19.3 Å². The van der Waals surface area contributed by atoms with Crippen LogP contribution in [-0.4, -0.2) is 11.4 Å². The minimum absolute atomic E-state index is 0.764. The maximum absolute atomic E-state index is 5.81. The zero-order valence-corrected chi connectivity index (χ0v) is 11.6. The topological polar surface area (TPSA) is 76.8 Å². The molecule has 0 saturated heterocycles. The van der Waals surface area contributed by atoms with Crippen molar-refractivity contribution in [2.75, 3.05) is 11.5 Å². The summed E-state index contributed by atoms with van der Waals surface area (Å²) >= 11 is 0. The van der Waals surface area contributed by atoms with E-state index in [1.54, 1.807) is 0 Å². The van der Waals surface area contributed by atoms with E-state index >= 15 is 0 Å². The summed E-state index contributed by atoms with van der Waals surface area (Å²) in [4.78, 5) is 9.37. The second-order valence-corrected chi connectivity index (χ2v) is 5.66. The molecule has 0 saturated carbocycles. The number of nitrogens with two attached hydrogens (primary N) is 2. The predicted octanol–water partition coefficient (Wildman–Crippen LogP) is 3.20. The number of fused-ring (bicyclic) bond motifs is 2. The van der Waals surface area contributed by atoms with Crippen LogP contribution < -0.4 is 11.5 Å².